The Balaban J connectivity index is 1.94. The second-order valence-corrected chi connectivity index (χ2v) is 5.32. The lowest BCUT2D eigenvalue weighted by atomic mass is 10.1. The smallest absolute Gasteiger partial charge is 0.350 e. The molecule has 1 aromatic rings. The molecule has 98 valence electrons. The molecular formula is C12H16N2O3S. The van der Waals surface area contributed by atoms with Gasteiger partial charge in [-0.3, -0.25) is 4.79 Å². The second kappa shape index (κ2) is 5.49. The number of nitrogens with one attached hydrogen (secondary N) is 1. The summed E-state index contributed by atoms with van der Waals surface area (Å²) in [6, 6.07) is 1.61. The van der Waals surface area contributed by atoms with Gasteiger partial charge in [-0.15, -0.1) is 11.3 Å². The molecule has 3 N–H and O–H groups in total. The normalized spacial score (nSPS) is 16.1. The third kappa shape index (κ3) is 3.08. The van der Waals surface area contributed by atoms with Crippen LogP contribution in [0.3, 0.4) is 0 Å². The Labute approximate surface area is 109 Å². The third-order valence-electron chi connectivity index (χ3n) is 2.96. The van der Waals surface area contributed by atoms with E-state index in [0.29, 0.717) is 22.9 Å². The van der Waals surface area contributed by atoms with Crippen LogP contribution in [0.25, 0.3) is 0 Å². The van der Waals surface area contributed by atoms with Crippen molar-refractivity contribution in [2.24, 2.45) is 11.7 Å². The average Bonchev–Trinajstić information content (AvgIpc) is 3.10. The van der Waals surface area contributed by atoms with Crippen LogP contribution in [0.5, 0.6) is 0 Å². The summed E-state index contributed by atoms with van der Waals surface area (Å²) in [6.45, 7) is 0. The lowest BCUT2D eigenvalue weighted by molar-refractivity contribution is -0.116. The van der Waals surface area contributed by atoms with Gasteiger partial charge in [0.1, 0.15) is 4.88 Å². The van der Waals surface area contributed by atoms with E-state index in [9.17, 15) is 9.59 Å². The molecule has 1 unspecified atom stereocenters. The van der Waals surface area contributed by atoms with Crippen LogP contribution in [0.1, 0.15) is 28.9 Å². The van der Waals surface area contributed by atoms with Crippen molar-refractivity contribution in [2.45, 2.75) is 25.3 Å². The van der Waals surface area contributed by atoms with Crippen molar-refractivity contribution in [3.63, 3.8) is 0 Å². The number of ether oxygens (including phenoxy) is 1. The minimum atomic E-state index is -0.438. The van der Waals surface area contributed by atoms with Gasteiger partial charge in [0.25, 0.3) is 0 Å². The number of carbonyl (C=O) groups is 2. The number of carbonyl (C=O) groups excluding carboxylic acids is 2. The number of esters is 1. The number of thiophene rings is 1. The fraction of sp³-hybridized carbons (Fsp3) is 0.500. The molecule has 1 aromatic heterocycles. The van der Waals surface area contributed by atoms with E-state index in [1.54, 1.807) is 11.4 Å². The van der Waals surface area contributed by atoms with Crippen LogP contribution in [0.2, 0.25) is 0 Å². The van der Waals surface area contributed by atoms with Gasteiger partial charge < -0.3 is 15.8 Å². The standard InChI is InChI=1S/C12H16N2O3S/c1-17-12(16)11-9(4-5-18-11)14-10(15)6-8(13)7-2-3-7/h4-5,7-8H,2-3,6,13H2,1H3,(H,14,15). The molecule has 2 rings (SSSR count). The lowest BCUT2D eigenvalue weighted by Crippen LogP contribution is -2.29. The number of rotatable bonds is 5. The van der Waals surface area contributed by atoms with Gasteiger partial charge in [0.15, 0.2) is 0 Å². The van der Waals surface area contributed by atoms with Gasteiger partial charge in [0.2, 0.25) is 5.91 Å². The van der Waals surface area contributed by atoms with Crippen molar-refractivity contribution in [1.29, 1.82) is 0 Å². The predicted octanol–water partition coefficient (Wildman–Crippen LogP) is 1.60. The summed E-state index contributed by atoms with van der Waals surface area (Å²) < 4.78 is 4.64. The van der Waals surface area contributed by atoms with E-state index in [1.165, 1.54) is 18.4 Å². The van der Waals surface area contributed by atoms with E-state index < -0.39 is 5.97 Å². The molecule has 1 heterocycles. The van der Waals surface area contributed by atoms with E-state index in [0.717, 1.165) is 12.8 Å². The van der Waals surface area contributed by atoms with E-state index in [-0.39, 0.29) is 11.9 Å². The summed E-state index contributed by atoms with van der Waals surface area (Å²) in [5.74, 6) is -0.108. The maximum Gasteiger partial charge on any atom is 0.350 e. The van der Waals surface area contributed by atoms with Gasteiger partial charge in [-0.25, -0.2) is 4.79 Å². The van der Waals surface area contributed by atoms with Crippen molar-refractivity contribution in [1.82, 2.24) is 0 Å². The maximum absolute atomic E-state index is 11.8. The van der Waals surface area contributed by atoms with Crippen molar-refractivity contribution in [3.8, 4) is 0 Å². The van der Waals surface area contributed by atoms with Gasteiger partial charge in [0, 0.05) is 12.5 Å². The Morgan fingerprint density at radius 1 is 1.61 bits per heavy atom. The number of hydrogen-bond donors (Lipinski definition) is 2. The SMILES string of the molecule is COC(=O)c1sccc1NC(=O)CC(N)C1CC1. The number of methoxy groups -OCH3 is 1. The molecule has 1 fully saturated rings. The molecular weight excluding hydrogens is 252 g/mol. The van der Waals surface area contributed by atoms with Crippen molar-refractivity contribution in [2.75, 3.05) is 12.4 Å². The zero-order chi connectivity index (χ0) is 13.1. The van der Waals surface area contributed by atoms with Gasteiger partial charge in [0.05, 0.1) is 12.8 Å². The zero-order valence-corrected chi connectivity index (χ0v) is 11.0. The topological polar surface area (TPSA) is 81.4 Å². The highest BCUT2D eigenvalue weighted by Gasteiger charge is 2.30. The highest BCUT2D eigenvalue weighted by molar-refractivity contribution is 7.12. The van der Waals surface area contributed by atoms with Crippen LogP contribution in [-0.2, 0) is 9.53 Å². The molecule has 0 saturated heterocycles. The van der Waals surface area contributed by atoms with Crippen LogP contribution < -0.4 is 11.1 Å². The second-order valence-electron chi connectivity index (χ2n) is 4.41. The van der Waals surface area contributed by atoms with Crippen molar-refractivity contribution >= 4 is 28.9 Å². The van der Waals surface area contributed by atoms with E-state index in [4.69, 9.17) is 5.73 Å². The molecule has 1 aliphatic carbocycles. The largest absolute Gasteiger partial charge is 0.465 e. The Bertz CT molecular complexity index is 454. The monoisotopic (exact) mass is 268 g/mol. The quantitative estimate of drug-likeness (QED) is 0.795. The zero-order valence-electron chi connectivity index (χ0n) is 10.1. The summed E-state index contributed by atoms with van der Waals surface area (Å²) in [7, 11) is 1.32. The minimum absolute atomic E-state index is 0.0785. The molecule has 6 heteroatoms. The van der Waals surface area contributed by atoms with Crippen LogP contribution in [0.4, 0.5) is 5.69 Å². The summed E-state index contributed by atoms with van der Waals surface area (Å²) in [6.07, 6.45) is 2.52. The van der Waals surface area contributed by atoms with Gasteiger partial charge in [-0.1, -0.05) is 0 Å². The number of hydrogen-bond acceptors (Lipinski definition) is 5. The Morgan fingerprint density at radius 2 is 2.33 bits per heavy atom. The van der Waals surface area contributed by atoms with Gasteiger partial charge >= 0.3 is 5.97 Å². The molecule has 5 nitrogen and oxygen atoms in total. The van der Waals surface area contributed by atoms with Crippen LogP contribution in [0, 0.1) is 5.92 Å². The van der Waals surface area contributed by atoms with Crippen molar-refractivity contribution < 1.29 is 14.3 Å². The maximum atomic E-state index is 11.8. The molecule has 1 atom stereocenters. The predicted molar refractivity (Wildman–Crippen MR) is 69.6 cm³/mol. The van der Waals surface area contributed by atoms with Crippen LogP contribution in [-0.4, -0.2) is 25.0 Å². The summed E-state index contributed by atoms with van der Waals surface area (Å²) in [5.41, 5.74) is 6.38. The molecule has 0 spiro atoms. The molecule has 1 amide bonds. The van der Waals surface area contributed by atoms with Crippen LogP contribution in [0.15, 0.2) is 11.4 Å². The first kappa shape index (κ1) is 13.0. The summed E-state index contributed by atoms with van der Waals surface area (Å²) in [4.78, 5) is 23.6. The molecule has 18 heavy (non-hydrogen) atoms. The van der Waals surface area contributed by atoms with E-state index in [2.05, 4.69) is 10.1 Å². The minimum Gasteiger partial charge on any atom is -0.465 e. The fourth-order valence-electron chi connectivity index (χ4n) is 1.76. The molecule has 0 bridgehead atoms. The number of amides is 1. The highest BCUT2D eigenvalue weighted by atomic mass is 32.1. The first-order valence-electron chi connectivity index (χ1n) is 5.83. The number of anilines is 1. The third-order valence-corrected chi connectivity index (χ3v) is 3.85. The molecule has 0 aromatic carbocycles. The van der Waals surface area contributed by atoms with E-state index >= 15 is 0 Å². The van der Waals surface area contributed by atoms with Crippen LogP contribution >= 0.6 is 11.3 Å². The Hall–Kier alpha value is -1.40. The number of nitrogens with two attached hydrogens (primary N) is 1. The molecule has 0 radical (unpaired) electrons. The molecule has 0 aliphatic heterocycles. The first-order chi connectivity index (χ1) is 8.61. The Kier molecular flexibility index (Phi) is 3.98. The van der Waals surface area contributed by atoms with Crippen molar-refractivity contribution in [3.05, 3.63) is 16.3 Å². The first-order valence-corrected chi connectivity index (χ1v) is 6.71. The highest BCUT2D eigenvalue weighted by Crippen LogP contribution is 2.33. The average molecular weight is 268 g/mol. The lowest BCUT2D eigenvalue weighted by Gasteiger charge is -2.10. The summed E-state index contributed by atoms with van der Waals surface area (Å²) in [5, 5.41) is 4.45. The van der Waals surface area contributed by atoms with Gasteiger partial charge in [-0.2, -0.15) is 0 Å². The Morgan fingerprint density at radius 3 is 2.94 bits per heavy atom. The fourth-order valence-corrected chi connectivity index (χ4v) is 2.53. The summed E-state index contributed by atoms with van der Waals surface area (Å²) >= 11 is 1.24. The molecule has 1 saturated carbocycles. The van der Waals surface area contributed by atoms with E-state index in [1.807, 2.05) is 0 Å². The molecule has 1 aliphatic rings. The van der Waals surface area contributed by atoms with Gasteiger partial charge in [-0.05, 0) is 30.2 Å².